The predicted octanol–water partition coefficient (Wildman–Crippen LogP) is 2.46. The number of anilines is 1. The molecule has 0 unspecified atom stereocenters. The van der Waals surface area contributed by atoms with Crippen LogP contribution in [-0.2, 0) is 10.4 Å². The number of aromatic carboxylic acids is 1. The number of nitrogens with zero attached hydrogens (tertiary/aromatic N) is 1. The molecule has 4 N–H and O–H groups in total. The fourth-order valence-electron chi connectivity index (χ4n) is 1.46. The number of benzene rings is 2. The van der Waals surface area contributed by atoms with Gasteiger partial charge in [0.1, 0.15) is 0 Å². The van der Waals surface area contributed by atoms with Crippen molar-refractivity contribution >= 4 is 28.3 Å². The molecule has 134 valence electrons. The summed E-state index contributed by atoms with van der Waals surface area (Å²) < 4.78 is 57.2. The predicted molar refractivity (Wildman–Crippen MR) is 85.2 cm³/mol. The van der Waals surface area contributed by atoms with E-state index in [0.29, 0.717) is 11.3 Å². The molecule has 0 amide bonds. The number of carboxylic acid groups (broad SMARTS) is 1. The van der Waals surface area contributed by atoms with Crippen molar-refractivity contribution in [2.45, 2.75) is 0 Å². The van der Waals surface area contributed by atoms with Gasteiger partial charge in [-0.25, -0.2) is 13.6 Å². The molecule has 2 aromatic carbocycles. The highest BCUT2D eigenvalue weighted by Gasteiger charge is 2.01. The van der Waals surface area contributed by atoms with Gasteiger partial charge >= 0.3 is 16.4 Å². The lowest BCUT2D eigenvalue weighted by atomic mass is 10.2. The molecule has 0 saturated heterocycles. The van der Waals surface area contributed by atoms with Gasteiger partial charge in [0.2, 0.25) is 0 Å². The fraction of sp³-hybridized carbons (Fsp3) is 0. The van der Waals surface area contributed by atoms with E-state index < -0.39 is 28.0 Å². The molecule has 0 aliphatic carbocycles. The Labute approximate surface area is 141 Å². The molecule has 0 radical (unpaired) electrons. The smallest absolute Gasteiger partial charge is 0.394 e. The van der Waals surface area contributed by atoms with Crippen LogP contribution in [0.4, 0.5) is 14.5 Å². The Morgan fingerprint density at radius 2 is 1.60 bits per heavy atom. The Kier molecular flexibility index (Phi) is 7.11. The zero-order chi connectivity index (χ0) is 19.0. The third-order valence-corrected chi connectivity index (χ3v) is 2.48. The average Bonchev–Trinajstić information content (AvgIpc) is 2.50. The first kappa shape index (κ1) is 20.2. The third kappa shape index (κ3) is 8.50. The summed E-state index contributed by atoms with van der Waals surface area (Å²) in [4.78, 5) is 10.7. The van der Waals surface area contributed by atoms with Crippen LogP contribution < -0.4 is 5.43 Å². The van der Waals surface area contributed by atoms with Crippen LogP contribution in [0.3, 0.4) is 0 Å². The Hall–Kier alpha value is -2.89. The Bertz CT molecular complexity index is 861. The van der Waals surface area contributed by atoms with Crippen LogP contribution >= 0.6 is 0 Å². The van der Waals surface area contributed by atoms with Crippen molar-refractivity contribution < 1.29 is 36.2 Å². The molecule has 0 aromatic heterocycles. The minimum Gasteiger partial charge on any atom is -0.478 e. The maximum absolute atomic E-state index is 12.9. The number of carboxylic acids is 1. The van der Waals surface area contributed by atoms with Gasteiger partial charge < -0.3 is 5.11 Å². The molecule has 0 aliphatic rings. The van der Waals surface area contributed by atoms with Crippen LogP contribution in [0, 0.1) is 11.6 Å². The molecular weight excluding hydrogens is 362 g/mol. The molecular formula is C14H12F2N2O6S. The van der Waals surface area contributed by atoms with Gasteiger partial charge in [0, 0.05) is 0 Å². The molecule has 0 fully saturated rings. The Balaban J connectivity index is 0.000000550. The lowest BCUT2D eigenvalue weighted by Crippen LogP contribution is -1.96. The quantitative estimate of drug-likeness (QED) is 0.366. The van der Waals surface area contributed by atoms with Crippen molar-refractivity contribution in [3.8, 4) is 0 Å². The van der Waals surface area contributed by atoms with E-state index in [1.54, 1.807) is 12.1 Å². The van der Waals surface area contributed by atoms with E-state index in [1.165, 1.54) is 24.4 Å². The van der Waals surface area contributed by atoms with Crippen LogP contribution in [0.5, 0.6) is 0 Å². The van der Waals surface area contributed by atoms with Gasteiger partial charge in [0.05, 0.1) is 17.5 Å². The number of hydrogen-bond donors (Lipinski definition) is 4. The summed E-state index contributed by atoms with van der Waals surface area (Å²) in [7, 11) is -4.67. The van der Waals surface area contributed by atoms with E-state index in [9.17, 15) is 13.6 Å². The molecule has 0 saturated carbocycles. The van der Waals surface area contributed by atoms with Crippen molar-refractivity contribution in [1.29, 1.82) is 0 Å². The number of rotatable bonds is 4. The van der Waals surface area contributed by atoms with Crippen molar-refractivity contribution in [2.24, 2.45) is 5.10 Å². The van der Waals surface area contributed by atoms with Gasteiger partial charge in [-0.05, 0) is 42.0 Å². The third-order valence-electron chi connectivity index (χ3n) is 2.48. The second-order valence-electron chi connectivity index (χ2n) is 4.37. The second-order valence-corrected chi connectivity index (χ2v) is 5.27. The SMILES string of the molecule is O=C(O)c1ccc(N/N=C/c2ccc(F)c(F)c2)cc1.O=S(=O)(O)O. The van der Waals surface area contributed by atoms with E-state index in [0.717, 1.165) is 12.1 Å². The minimum atomic E-state index is -4.67. The summed E-state index contributed by atoms with van der Waals surface area (Å²) in [5.41, 5.74) is 3.80. The molecule has 2 rings (SSSR count). The first-order valence-corrected chi connectivity index (χ1v) is 7.73. The maximum atomic E-state index is 12.9. The Morgan fingerprint density at radius 1 is 1.04 bits per heavy atom. The number of carbonyl (C=O) groups is 1. The highest BCUT2D eigenvalue weighted by atomic mass is 32.3. The summed E-state index contributed by atoms with van der Waals surface area (Å²) in [6, 6.07) is 9.37. The fourth-order valence-corrected chi connectivity index (χ4v) is 1.46. The average molecular weight is 374 g/mol. The second kappa shape index (κ2) is 8.82. The zero-order valence-electron chi connectivity index (χ0n) is 12.3. The van der Waals surface area contributed by atoms with Crippen molar-refractivity contribution in [2.75, 3.05) is 5.43 Å². The summed E-state index contributed by atoms with van der Waals surface area (Å²) in [6.07, 6.45) is 1.33. The number of hydrogen-bond acceptors (Lipinski definition) is 5. The molecule has 2 aromatic rings. The molecule has 0 aliphatic heterocycles. The first-order valence-electron chi connectivity index (χ1n) is 6.33. The number of nitrogens with one attached hydrogen (secondary N) is 1. The van der Waals surface area contributed by atoms with Crippen LogP contribution in [0.25, 0.3) is 0 Å². The number of hydrazone groups is 1. The first-order chi connectivity index (χ1) is 11.6. The van der Waals surface area contributed by atoms with Crippen molar-refractivity contribution in [1.82, 2.24) is 0 Å². The van der Waals surface area contributed by atoms with E-state index in [4.69, 9.17) is 22.6 Å². The van der Waals surface area contributed by atoms with Gasteiger partial charge in [0.15, 0.2) is 11.6 Å². The minimum absolute atomic E-state index is 0.167. The van der Waals surface area contributed by atoms with Crippen LogP contribution in [-0.4, -0.2) is 34.8 Å². The van der Waals surface area contributed by atoms with Crippen LogP contribution in [0.15, 0.2) is 47.6 Å². The lowest BCUT2D eigenvalue weighted by Gasteiger charge is -2.00. The monoisotopic (exact) mass is 374 g/mol. The van der Waals surface area contributed by atoms with E-state index in [2.05, 4.69) is 10.5 Å². The van der Waals surface area contributed by atoms with Gasteiger partial charge in [-0.2, -0.15) is 13.5 Å². The Morgan fingerprint density at radius 3 is 2.08 bits per heavy atom. The van der Waals surface area contributed by atoms with Gasteiger partial charge in [0.25, 0.3) is 0 Å². The zero-order valence-corrected chi connectivity index (χ0v) is 13.1. The summed E-state index contributed by atoms with van der Waals surface area (Å²) >= 11 is 0. The van der Waals surface area contributed by atoms with Gasteiger partial charge in [-0.1, -0.05) is 6.07 Å². The van der Waals surface area contributed by atoms with E-state index in [1.807, 2.05) is 0 Å². The van der Waals surface area contributed by atoms with E-state index in [-0.39, 0.29) is 5.56 Å². The highest BCUT2D eigenvalue weighted by Crippen LogP contribution is 2.10. The summed E-state index contributed by atoms with van der Waals surface area (Å²) in [5, 5.41) is 12.6. The van der Waals surface area contributed by atoms with Gasteiger partial charge in [-0.15, -0.1) is 0 Å². The van der Waals surface area contributed by atoms with Crippen LogP contribution in [0.1, 0.15) is 15.9 Å². The molecule has 25 heavy (non-hydrogen) atoms. The topological polar surface area (TPSA) is 136 Å². The normalized spacial score (nSPS) is 10.9. The molecule has 0 heterocycles. The molecule has 0 bridgehead atoms. The van der Waals surface area contributed by atoms with Crippen molar-refractivity contribution in [3.63, 3.8) is 0 Å². The molecule has 8 nitrogen and oxygen atoms in total. The highest BCUT2D eigenvalue weighted by molar-refractivity contribution is 7.79. The maximum Gasteiger partial charge on any atom is 0.394 e. The largest absolute Gasteiger partial charge is 0.478 e. The molecule has 0 spiro atoms. The standard InChI is InChI=1S/C14H10F2N2O2.H2O4S/c15-12-6-1-9(7-13(12)16)8-17-18-11-4-2-10(3-5-11)14(19)20;1-5(2,3)4/h1-8,18H,(H,19,20);(H2,1,2,3,4)/b17-8+;. The summed E-state index contributed by atoms with van der Waals surface area (Å²) in [5.74, 6) is -2.87. The van der Waals surface area contributed by atoms with Crippen LogP contribution in [0.2, 0.25) is 0 Å². The summed E-state index contributed by atoms with van der Waals surface area (Å²) in [6.45, 7) is 0. The van der Waals surface area contributed by atoms with E-state index >= 15 is 0 Å². The molecule has 11 heteroatoms. The lowest BCUT2D eigenvalue weighted by molar-refractivity contribution is 0.0697. The number of halogens is 2. The molecule has 0 atom stereocenters. The van der Waals surface area contributed by atoms with Gasteiger partial charge in [-0.3, -0.25) is 14.5 Å². The van der Waals surface area contributed by atoms with Crippen molar-refractivity contribution in [3.05, 3.63) is 65.2 Å².